The lowest BCUT2D eigenvalue weighted by Crippen LogP contribution is -2.39. The fourth-order valence-electron chi connectivity index (χ4n) is 4.68. The molecule has 2 saturated heterocycles. The van der Waals surface area contributed by atoms with Crippen LogP contribution in [0, 0.1) is 0 Å². The number of likely N-dealkylation sites (N-methyl/N-ethyl adjacent to an activating group) is 1. The average Bonchev–Trinajstić information content (AvgIpc) is 3.29. The Balaban J connectivity index is 1.53. The van der Waals surface area contributed by atoms with Crippen molar-refractivity contribution in [3.63, 3.8) is 0 Å². The first kappa shape index (κ1) is 18.0. The lowest BCUT2D eigenvalue weighted by atomic mass is 9.88. The number of nitrogens with zero attached hydrogens (tertiary/aromatic N) is 2. The number of anilines is 1. The summed E-state index contributed by atoms with van der Waals surface area (Å²) in [7, 11) is 1.89. The van der Waals surface area contributed by atoms with Gasteiger partial charge in [0.15, 0.2) is 5.60 Å². The van der Waals surface area contributed by atoms with Gasteiger partial charge < -0.3 is 4.90 Å². The van der Waals surface area contributed by atoms with E-state index in [4.69, 9.17) is 4.84 Å². The number of hydrogen-bond acceptors (Lipinski definition) is 3. The fourth-order valence-corrected chi connectivity index (χ4v) is 4.68. The Kier molecular flexibility index (Phi) is 4.36. The molecule has 4 heteroatoms. The van der Waals surface area contributed by atoms with Gasteiger partial charge in [-0.1, -0.05) is 78.9 Å². The summed E-state index contributed by atoms with van der Waals surface area (Å²) >= 11 is 0. The summed E-state index contributed by atoms with van der Waals surface area (Å²) in [5, 5.41) is 1.94. The van der Waals surface area contributed by atoms with Crippen molar-refractivity contribution in [2.45, 2.75) is 30.5 Å². The van der Waals surface area contributed by atoms with Crippen molar-refractivity contribution in [2.75, 3.05) is 12.1 Å². The van der Waals surface area contributed by atoms with E-state index in [1.807, 2.05) is 83.7 Å². The molecule has 0 saturated carbocycles. The highest BCUT2D eigenvalue weighted by Gasteiger charge is 2.59. The Labute approximate surface area is 171 Å². The van der Waals surface area contributed by atoms with Crippen LogP contribution in [0.1, 0.15) is 36.1 Å². The van der Waals surface area contributed by atoms with Crippen LogP contribution in [0.15, 0.2) is 91.0 Å². The van der Waals surface area contributed by atoms with E-state index in [9.17, 15) is 4.79 Å². The number of carbonyl (C=O) groups is 1. The molecule has 5 rings (SSSR count). The molecule has 2 fully saturated rings. The molecule has 0 aliphatic carbocycles. The maximum atomic E-state index is 13.4. The van der Waals surface area contributed by atoms with Crippen molar-refractivity contribution in [3.8, 4) is 0 Å². The summed E-state index contributed by atoms with van der Waals surface area (Å²) in [5.74, 6) is 0.0608. The number of likely N-dealkylation sites (tertiary alicyclic amines) is 1. The molecular formula is C25H24N2O2. The Hall–Kier alpha value is -3.11. The predicted molar refractivity (Wildman–Crippen MR) is 113 cm³/mol. The zero-order chi connectivity index (χ0) is 19.8. The quantitative estimate of drug-likeness (QED) is 0.643. The van der Waals surface area contributed by atoms with E-state index in [1.165, 1.54) is 0 Å². The van der Waals surface area contributed by atoms with Crippen LogP contribution in [0.2, 0.25) is 0 Å². The SMILES string of the molecule is CN1C(=O)[C@]2(C[C@H]1c1ccccc1)C[C@@H](c1ccccc1)N(c1ccccc1)O2. The second-order valence-corrected chi connectivity index (χ2v) is 7.92. The van der Waals surface area contributed by atoms with Crippen molar-refractivity contribution in [1.82, 2.24) is 4.90 Å². The second-order valence-electron chi connectivity index (χ2n) is 7.92. The predicted octanol–water partition coefficient (Wildman–Crippen LogP) is 4.91. The first-order chi connectivity index (χ1) is 14.2. The monoisotopic (exact) mass is 384 g/mol. The van der Waals surface area contributed by atoms with Gasteiger partial charge in [0, 0.05) is 19.9 Å². The number of carbonyl (C=O) groups excluding carboxylic acids is 1. The van der Waals surface area contributed by atoms with E-state index in [-0.39, 0.29) is 18.0 Å². The molecular weight excluding hydrogens is 360 g/mol. The van der Waals surface area contributed by atoms with Gasteiger partial charge in [0.2, 0.25) is 0 Å². The molecule has 2 aliphatic rings. The topological polar surface area (TPSA) is 32.8 Å². The van der Waals surface area contributed by atoms with E-state index in [0.29, 0.717) is 12.8 Å². The highest BCUT2D eigenvalue weighted by molar-refractivity contribution is 5.89. The molecule has 1 amide bonds. The Morgan fingerprint density at radius 3 is 1.83 bits per heavy atom. The summed E-state index contributed by atoms with van der Waals surface area (Å²) < 4.78 is 0. The van der Waals surface area contributed by atoms with Crippen LogP contribution >= 0.6 is 0 Å². The minimum atomic E-state index is -0.842. The lowest BCUT2D eigenvalue weighted by Gasteiger charge is -2.26. The van der Waals surface area contributed by atoms with Gasteiger partial charge in [-0.15, -0.1) is 0 Å². The molecule has 1 spiro atoms. The van der Waals surface area contributed by atoms with E-state index < -0.39 is 5.60 Å². The third kappa shape index (κ3) is 3.00. The van der Waals surface area contributed by atoms with Crippen LogP contribution in [-0.2, 0) is 9.63 Å². The normalized spacial score (nSPS) is 26.4. The Morgan fingerprint density at radius 2 is 1.24 bits per heavy atom. The van der Waals surface area contributed by atoms with E-state index in [2.05, 4.69) is 24.3 Å². The Morgan fingerprint density at radius 1 is 0.759 bits per heavy atom. The van der Waals surface area contributed by atoms with Gasteiger partial charge in [-0.2, -0.15) is 0 Å². The molecule has 3 aromatic carbocycles. The zero-order valence-corrected chi connectivity index (χ0v) is 16.4. The van der Waals surface area contributed by atoms with Crippen LogP contribution in [0.3, 0.4) is 0 Å². The molecule has 0 aromatic heterocycles. The lowest BCUT2D eigenvalue weighted by molar-refractivity contribution is -0.144. The summed E-state index contributed by atoms with van der Waals surface area (Å²) in [6.45, 7) is 0. The number of benzene rings is 3. The highest BCUT2D eigenvalue weighted by atomic mass is 16.7. The van der Waals surface area contributed by atoms with Gasteiger partial charge in [-0.3, -0.25) is 9.63 Å². The standard InChI is InChI=1S/C25H24N2O2/c1-26-22(19-11-5-2-6-12-19)17-25(24(26)28)18-23(20-13-7-3-8-14-20)27(29-25)21-15-9-4-10-16-21/h2-16,22-23H,17-18H2,1H3/t22-,23-,25-/m0/s1. The molecule has 2 aliphatic heterocycles. The van der Waals surface area contributed by atoms with Crippen LogP contribution in [0.5, 0.6) is 0 Å². The molecule has 0 radical (unpaired) electrons. The van der Waals surface area contributed by atoms with Crippen LogP contribution in [0.25, 0.3) is 0 Å². The van der Waals surface area contributed by atoms with Gasteiger partial charge in [-0.05, 0) is 23.3 Å². The van der Waals surface area contributed by atoms with Gasteiger partial charge in [0.25, 0.3) is 5.91 Å². The molecule has 146 valence electrons. The first-order valence-corrected chi connectivity index (χ1v) is 10.1. The summed E-state index contributed by atoms with van der Waals surface area (Å²) in [6, 6.07) is 30.6. The molecule has 0 N–H and O–H groups in total. The summed E-state index contributed by atoms with van der Waals surface area (Å²) in [4.78, 5) is 21.8. The van der Waals surface area contributed by atoms with Gasteiger partial charge >= 0.3 is 0 Å². The van der Waals surface area contributed by atoms with Gasteiger partial charge in [0.05, 0.1) is 17.8 Å². The molecule has 2 heterocycles. The fraction of sp³-hybridized carbons (Fsp3) is 0.240. The highest BCUT2D eigenvalue weighted by Crippen LogP contribution is 2.51. The number of hydrogen-bond donors (Lipinski definition) is 0. The summed E-state index contributed by atoms with van der Waals surface area (Å²) in [5.41, 5.74) is 2.44. The minimum Gasteiger partial charge on any atom is -0.336 e. The maximum Gasteiger partial charge on any atom is 0.258 e. The molecule has 0 unspecified atom stereocenters. The zero-order valence-electron chi connectivity index (χ0n) is 16.4. The van der Waals surface area contributed by atoms with E-state index >= 15 is 0 Å². The summed E-state index contributed by atoms with van der Waals surface area (Å²) in [6.07, 6.45) is 1.29. The van der Waals surface area contributed by atoms with E-state index in [1.54, 1.807) is 0 Å². The molecule has 29 heavy (non-hydrogen) atoms. The molecule has 3 atom stereocenters. The molecule has 3 aromatic rings. The first-order valence-electron chi connectivity index (χ1n) is 10.1. The van der Waals surface area contributed by atoms with Gasteiger partial charge in [-0.25, -0.2) is 5.06 Å². The third-order valence-electron chi connectivity index (χ3n) is 6.16. The van der Waals surface area contributed by atoms with Crippen LogP contribution < -0.4 is 5.06 Å². The smallest absolute Gasteiger partial charge is 0.258 e. The second kappa shape index (κ2) is 7.05. The van der Waals surface area contributed by atoms with Crippen molar-refractivity contribution in [3.05, 3.63) is 102 Å². The third-order valence-corrected chi connectivity index (χ3v) is 6.16. The molecule has 0 bridgehead atoms. The Bertz CT molecular complexity index is 944. The van der Waals surface area contributed by atoms with Crippen molar-refractivity contribution in [2.24, 2.45) is 0 Å². The van der Waals surface area contributed by atoms with Crippen molar-refractivity contribution < 1.29 is 9.63 Å². The van der Waals surface area contributed by atoms with Gasteiger partial charge in [0.1, 0.15) is 0 Å². The van der Waals surface area contributed by atoms with Crippen molar-refractivity contribution in [1.29, 1.82) is 0 Å². The maximum absolute atomic E-state index is 13.4. The minimum absolute atomic E-state index is 0.00882. The van der Waals surface area contributed by atoms with Crippen LogP contribution in [-0.4, -0.2) is 23.5 Å². The number of rotatable bonds is 3. The number of amides is 1. The van der Waals surface area contributed by atoms with E-state index in [0.717, 1.165) is 16.8 Å². The van der Waals surface area contributed by atoms with Crippen LogP contribution in [0.4, 0.5) is 5.69 Å². The average molecular weight is 384 g/mol. The van der Waals surface area contributed by atoms with Crippen molar-refractivity contribution >= 4 is 11.6 Å². The largest absolute Gasteiger partial charge is 0.336 e. The molecule has 4 nitrogen and oxygen atoms in total. The number of hydroxylamine groups is 1. The number of para-hydroxylation sites is 1.